The number of hydrogen-bond acceptors (Lipinski definition) is 2. The Balaban J connectivity index is 2.31. The lowest BCUT2D eigenvalue weighted by atomic mass is 10.1. The van der Waals surface area contributed by atoms with Crippen molar-refractivity contribution in [2.45, 2.75) is 19.3 Å². The van der Waals surface area contributed by atoms with E-state index in [-0.39, 0.29) is 5.43 Å². The van der Waals surface area contributed by atoms with Crippen LogP contribution in [-0.2, 0) is 0 Å². The Bertz CT molecular complexity index is 356. The third-order valence-corrected chi connectivity index (χ3v) is 2.67. The lowest BCUT2D eigenvalue weighted by Gasteiger charge is -2.27. The second-order valence-corrected chi connectivity index (χ2v) is 3.71. The minimum Gasteiger partial charge on any atom is -0.368 e. The first-order valence-electron chi connectivity index (χ1n) is 5.22. The van der Waals surface area contributed by atoms with Crippen molar-refractivity contribution < 1.29 is 0 Å². The molecule has 0 amide bonds. The first kappa shape index (κ1) is 9.25. The number of nitrogens with zero attached hydrogens (tertiary/aromatic N) is 1. The molecule has 2 nitrogen and oxygen atoms in total. The smallest absolute Gasteiger partial charge is 0.201 e. The molecule has 1 aromatic rings. The van der Waals surface area contributed by atoms with Gasteiger partial charge in [-0.15, -0.1) is 0 Å². The van der Waals surface area contributed by atoms with Gasteiger partial charge in [0.25, 0.3) is 0 Å². The third-order valence-electron chi connectivity index (χ3n) is 2.67. The summed E-state index contributed by atoms with van der Waals surface area (Å²) >= 11 is 0. The molecule has 2 heteroatoms. The van der Waals surface area contributed by atoms with E-state index in [1.165, 1.54) is 19.3 Å². The number of piperidine rings is 1. The van der Waals surface area contributed by atoms with E-state index in [4.69, 9.17) is 0 Å². The molecule has 0 unspecified atom stereocenters. The summed E-state index contributed by atoms with van der Waals surface area (Å²) in [6.45, 7) is 2.05. The molecule has 0 aromatic heterocycles. The average Bonchev–Trinajstić information content (AvgIpc) is 2.44. The average molecular weight is 189 g/mol. The second kappa shape index (κ2) is 4.27. The highest BCUT2D eigenvalue weighted by atomic mass is 16.1. The topological polar surface area (TPSA) is 20.3 Å². The lowest BCUT2D eigenvalue weighted by Crippen LogP contribution is -2.32. The summed E-state index contributed by atoms with van der Waals surface area (Å²) in [5.74, 6) is 0. The van der Waals surface area contributed by atoms with Crippen LogP contribution < -0.4 is 10.3 Å². The molecule has 14 heavy (non-hydrogen) atoms. The molecular formula is C12H15NO. The fraction of sp³-hybridized carbons (Fsp3) is 0.417. The molecule has 0 radical (unpaired) electrons. The van der Waals surface area contributed by atoms with Crippen LogP contribution in [0.5, 0.6) is 0 Å². The van der Waals surface area contributed by atoms with E-state index >= 15 is 0 Å². The minimum absolute atomic E-state index is 0.136. The predicted molar refractivity (Wildman–Crippen MR) is 58.8 cm³/mol. The summed E-state index contributed by atoms with van der Waals surface area (Å²) in [5.41, 5.74) is 0.992. The number of rotatable bonds is 1. The van der Waals surface area contributed by atoms with Gasteiger partial charge in [-0.2, -0.15) is 0 Å². The fourth-order valence-electron chi connectivity index (χ4n) is 1.92. The van der Waals surface area contributed by atoms with Crippen molar-refractivity contribution in [1.82, 2.24) is 0 Å². The molecule has 0 saturated carbocycles. The highest BCUT2D eigenvalue weighted by Gasteiger charge is 2.11. The van der Waals surface area contributed by atoms with Crippen molar-refractivity contribution >= 4 is 5.69 Å². The van der Waals surface area contributed by atoms with Crippen LogP contribution >= 0.6 is 0 Å². The van der Waals surface area contributed by atoms with Crippen molar-refractivity contribution in [2.75, 3.05) is 18.0 Å². The molecule has 0 spiro atoms. The Labute approximate surface area is 84.2 Å². The molecule has 0 atom stereocenters. The van der Waals surface area contributed by atoms with Gasteiger partial charge in [0.1, 0.15) is 0 Å². The van der Waals surface area contributed by atoms with E-state index in [1.54, 1.807) is 12.1 Å². The zero-order chi connectivity index (χ0) is 9.80. The van der Waals surface area contributed by atoms with Gasteiger partial charge in [-0.1, -0.05) is 18.2 Å². The highest BCUT2D eigenvalue weighted by Crippen LogP contribution is 2.14. The van der Waals surface area contributed by atoms with Gasteiger partial charge in [-0.3, -0.25) is 4.79 Å². The van der Waals surface area contributed by atoms with Crippen LogP contribution in [0.25, 0.3) is 0 Å². The van der Waals surface area contributed by atoms with Gasteiger partial charge in [0.15, 0.2) is 0 Å². The molecule has 1 aliphatic rings. The highest BCUT2D eigenvalue weighted by molar-refractivity contribution is 5.45. The first-order valence-corrected chi connectivity index (χ1v) is 5.22. The molecule has 2 rings (SSSR count). The molecule has 0 aliphatic carbocycles. The van der Waals surface area contributed by atoms with Crippen LogP contribution in [0.3, 0.4) is 0 Å². The molecular weight excluding hydrogens is 174 g/mol. The van der Waals surface area contributed by atoms with Crippen molar-refractivity contribution in [3.8, 4) is 0 Å². The summed E-state index contributed by atoms with van der Waals surface area (Å²) in [6, 6.07) is 9.20. The predicted octanol–water partition coefficient (Wildman–Crippen LogP) is 2.04. The van der Waals surface area contributed by atoms with Crippen molar-refractivity contribution in [2.24, 2.45) is 0 Å². The Kier molecular flexibility index (Phi) is 2.82. The van der Waals surface area contributed by atoms with Gasteiger partial charge in [0.2, 0.25) is 5.43 Å². The normalized spacial score (nSPS) is 16.7. The lowest BCUT2D eigenvalue weighted by molar-refractivity contribution is 0.577. The van der Waals surface area contributed by atoms with Gasteiger partial charge >= 0.3 is 0 Å². The monoisotopic (exact) mass is 189 g/mol. The standard InChI is InChI=1S/C12H15NO/c14-12-8-4-1-3-7-11(12)13-9-5-2-6-10-13/h1,3-4,7-8H,2,5-6,9-10H2. The van der Waals surface area contributed by atoms with E-state index in [2.05, 4.69) is 4.90 Å². The van der Waals surface area contributed by atoms with Crippen LogP contribution in [-0.4, -0.2) is 13.1 Å². The number of anilines is 1. The molecule has 1 saturated heterocycles. The van der Waals surface area contributed by atoms with Crippen molar-refractivity contribution in [1.29, 1.82) is 0 Å². The minimum atomic E-state index is 0.136. The molecule has 1 aromatic carbocycles. The fourth-order valence-corrected chi connectivity index (χ4v) is 1.92. The molecule has 1 heterocycles. The quantitative estimate of drug-likeness (QED) is 0.673. The zero-order valence-corrected chi connectivity index (χ0v) is 8.28. The van der Waals surface area contributed by atoms with E-state index in [0.29, 0.717) is 0 Å². The SMILES string of the molecule is O=c1cccccc1N1CCCCC1. The van der Waals surface area contributed by atoms with Crippen LogP contribution in [0.15, 0.2) is 35.1 Å². The Morgan fingerprint density at radius 2 is 1.64 bits per heavy atom. The molecule has 1 fully saturated rings. The second-order valence-electron chi connectivity index (χ2n) is 3.71. The van der Waals surface area contributed by atoms with Gasteiger partial charge in [-0.05, 0) is 31.4 Å². The Morgan fingerprint density at radius 1 is 0.929 bits per heavy atom. The van der Waals surface area contributed by atoms with Gasteiger partial charge < -0.3 is 4.90 Å². The Hall–Kier alpha value is -1.31. The summed E-state index contributed by atoms with van der Waals surface area (Å²) in [6.07, 6.45) is 3.71. The van der Waals surface area contributed by atoms with E-state index < -0.39 is 0 Å². The van der Waals surface area contributed by atoms with E-state index in [1.807, 2.05) is 18.2 Å². The van der Waals surface area contributed by atoms with E-state index in [9.17, 15) is 4.79 Å². The van der Waals surface area contributed by atoms with Crippen molar-refractivity contribution in [3.63, 3.8) is 0 Å². The summed E-state index contributed by atoms with van der Waals surface area (Å²) in [7, 11) is 0. The molecule has 1 aliphatic heterocycles. The maximum atomic E-state index is 11.7. The van der Waals surface area contributed by atoms with Crippen LogP contribution in [0.1, 0.15) is 19.3 Å². The van der Waals surface area contributed by atoms with E-state index in [0.717, 1.165) is 18.8 Å². The van der Waals surface area contributed by atoms with Crippen LogP contribution in [0.2, 0.25) is 0 Å². The summed E-state index contributed by atoms with van der Waals surface area (Å²) < 4.78 is 0. The van der Waals surface area contributed by atoms with Gasteiger partial charge in [0, 0.05) is 13.1 Å². The Morgan fingerprint density at radius 3 is 2.43 bits per heavy atom. The largest absolute Gasteiger partial charge is 0.368 e. The maximum Gasteiger partial charge on any atom is 0.201 e. The summed E-state index contributed by atoms with van der Waals surface area (Å²) in [5, 5.41) is 0. The molecule has 74 valence electrons. The molecule has 0 N–H and O–H groups in total. The number of hydrogen-bond donors (Lipinski definition) is 0. The molecule has 0 bridgehead atoms. The maximum absolute atomic E-state index is 11.7. The van der Waals surface area contributed by atoms with Crippen molar-refractivity contribution in [3.05, 3.63) is 40.6 Å². The zero-order valence-electron chi connectivity index (χ0n) is 8.28. The third kappa shape index (κ3) is 1.95. The first-order chi connectivity index (χ1) is 6.88. The van der Waals surface area contributed by atoms with Gasteiger partial charge in [-0.25, -0.2) is 0 Å². The van der Waals surface area contributed by atoms with Crippen LogP contribution in [0, 0.1) is 0 Å². The summed E-state index contributed by atoms with van der Waals surface area (Å²) in [4.78, 5) is 13.9. The van der Waals surface area contributed by atoms with Crippen LogP contribution in [0.4, 0.5) is 5.69 Å². The van der Waals surface area contributed by atoms with Gasteiger partial charge in [0.05, 0.1) is 5.69 Å².